The Hall–Kier alpha value is -1.78. The van der Waals surface area contributed by atoms with Gasteiger partial charge in [-0.25, -0.2) is 4.39 Å². The van der Waals surface area contributed by atoms with Crippen LogP contribution < -0.4 is 0 Å². The average molecular weight is 329 g/mol. The first kappa shape index (κ1) is 17.1. The minimum atomic E-state index is -0.911. The number of benzene rings is 1. The standard InChI is InChI=1S/C20H24FNO2/c1-22(2)11-3-10-20(17-5-7-18(21)8-6-17)19-9-4-15(13-23)12-16(19)14-24-20/h4-7,9,12-13,18H,3,8,10-11,14H2,1-2H3. The molecule has 0 bridgehead atoms. The van der Waals surface area contributed by atoms with E-state index >= 15 is 0 Å². The van der Waals surface area contributed by atoms with Crippen LogP contribution in [0, 0.1) is 0 Å². The summed E-state index contributed by atoms with van der Waals surface area (Å²) in [6.45, 7) is 1.46. The predicted octanol–water partition coefficient (Wildman–Crippen LogP) is 3.79. The quantitative estimate of drug-likeness (QED) is 0.744. The summed E-state index contributed by atoms with van der Waals surface area (Å²) in [5.74, 6) is 0. The Bertz CT molecular complexity index is 680. The normalized spacial score (nSPS) is 25.7. The van der Waals surface area contributed by atoms with Crippen molar-refractivity contribution in [3.05, 3.63) is 58.7 Å². The molecule has 24 heavy (non-hydrogen) atoms. The van der Waals surface area contributed by atoms with E-state index in [0.29, 0.717) is 18.6 Å². The Labute approximate surface area is 142 Å². The highest BCUT2D eigenvalue weighted by Gasteiger charge is 2.42. The number of carbonyl (C=O) groups is 1. The number of alkyl halides is 1. The van der Waals surface area contributed by atoms with Crippen molar-refractivity contribution in [1.82, 2.24) is 4.90 Å². The van der Waals surface area contributed by atoms with Crippen LogP contribution in [0.5, 0.6) is 0 Å². The first-order valence-electron chi connectivity index (χ1n) is 8.45. The van der Waals surface area contributed by atoms with Crippen LogP contribution in [0.15, 0.2) is 42.0 Å². The fourth-order valence-corrected chi connectivity index (χ4v) is 3.61. The lowest BCUT2D eigenvalue weighted by Gasteiger charge is -2.33. The minimum Gasteiger partial charge on any atom is -0.361 e. The Morgan fingerprint density at radius 2 is 2.25 bits per heavy atom. The van der Waals surface area contributed by atoms with Crippen LogP contribution in [0.25, 0.3) is 0 Å². The lowest BCUT2D eigenvalue weighted by molar-refractivity contribution is -0.0151. The number of nitrogens with zero attached hydrogens (tertiary/aromatic N) is 1. The van der Waals surface area contributed by atoms with Gasteiger partial charge in [0.05, 0.1) is 6.61 Å². The van der Waals surface area contributed by atoms with Crippen molar-refractivity contribution in [2.24, 2.45) is 0 Å². The third kappa shape index (κ3) is 3.21. The summed E-state index contributed by atoms with van der Waals surface area (Å²) in [5, 5.41) is 0. The van der Waals surface area contributed by atoms with Gasteiger partial charge in [0.15, 0.2) is 0 Å². The van der Waals surface area contributed by atoms with Gasteiger partial charge in [-0.3, -0.25) is 4.79 Å². The molecule has 128 valence electrons. The van der Waals surface area contributed by atoms with Gasteiger partial charge in [-0.2, -0.15) is 0 Å². The van der Waals surface area contributed by atoms with E-state index in [1.165, 1.54) is 0 Å². The molecule has 1 aliphatic heterocycles. The van der Waals surface area contributed by atoms with Crippen LogP contribution in [0.1, 0.15) is 40.7 Å². The second-order valence-corrected chi connectivity index (χ2v) is 6.83. The minimum absolute atomic E-state index is 0.395. The Balaban J connectivity index is 1.96. The molecule has 1 heterocycles. The molecule has 3 nitrogen and oxygen atoms in total. The molecule has 1 aromatic rings. The molecule has 2 unspecified atom stereocenters. The van der Waals surface area contributed by atoms with Crippen LogP contribution in [-0.4, -0.2) is 38.0 Å². The van der Waals surface area contributed by atoms with E-state index in [1.807, 2.05) is 30.4 Å². The Morgan fingerprint density at radius 3 is 2.92 bits per heavy atom. The number of allylic oxidation sites excluding steroid dienone is 2. The molecule has 0 saturated carbocycles. The van der Waals surface area contributed by atoms with Crippen molar-refractivity contribution < 1.29 is 13.9 Å². The molecule has 0 N–H and O–H groups in total. The number of hydrogen-bond acceptors (Lipinski definition) is 3. The summed E-state index contributed by atoms with van der Waals surface area (Å²) in [5.41, 5.74) is 3.34. The molecule has 1 aromatic carbocycles. The molecule has 2 atom stereocenters. The second-order valence-electron chi connectivity index (χ2n) is 6.83. The van der Waals surface area contributed by atoms with Crippen LogP contribution in [0.2, 0.25) is 0 Å². The van der Waals surface area contributed by atoms with Gasteiger partial charge < -0.3 is 9.64 Å². The van der Waals surface area contributed by atoms with Crippen molar-refractivity contribution in [3.8, 4) is 0 Å². The van der Waals surface area contributed by atoms with E-state index in [9.17, 15) is 9.18 Å². The van der Waals surface area contributed by atoms with Gasteiger partial charge in [0.2, 0.25) is 0 Å². The number of carbonyl (C=O) groups excluding carboxylic acids is 1. The first-order valence-corrected chi connectivity index (χ1v) is 8.45. The number of rotatable bonds is 6. The summed E-state index contributed by atoms with van der Waals surface area (Å²) in [4.78, 5) is 13.2. The molecule has 1 aliphatic carbocycles. The maximum atomic E-state index is 13.5. The van der Waals surface area contributed by atoms with Gasteiger partial charge in [-0.15, -0.1) is 0 Å². The lowest BCUT2D eigenvalue weighted by Crippen LogP contribution is -2.30. The Morgan fingerprint density at radius 1 is 1.42 bits per heavy atom. The fourth-order valence-electron chi connectivity index (χ4n) is 3.61. The van der Waals surface area contributed by atoms with E-state index < -0.39 is 11.8 Å². The van der Waals surface area contributed by atoms with Crippen LogP contribution in [0.3, 0.4) is 0 Å². The van der Waals surface area contributed by atoms with Crippen molar-refractivity contribution >= 4 is 6.29 Å². The lowest BCUT2D eigenvalue weighted by atomic mass is 9.79. The molecule has 4 heteroatoms. The summed E-state index contributed by atoms with van der Waals surface area (Å²) < 4.78 is 19.8. The summed E-state index contributed by atoms with van der Waals surface area (Å²) in [6, 6.07) is 5.74. The highest BCUT2D eigenvalue weighted by atomic mass is 19.1. The van der Waals surface area contributed by atoms with E-state index in [0.717, 1.165) is 42.4 Å². The molecule has 0 amide bonds. The van der Waals surface area contributed by atoms with E-state index in [-0.39, 0.29) is 0 Å². The third-order valence-corrected chi connectivity index (χ3v) is 4.82. The summed E-state index contributed by atoms with van der Waals surface area (Å²) in [7, 11) is 4.11. The molecule has 0 fully saturated rings. The number of halogens is 1. The molecule has 0 saturated heterocycles. The maximum Gasteiger partial charge on any atom is 0.150 e. The van der Waals surface area contributed by atoms with Gasteiger partial charge in [-0.1, -0.05) is 30.4 Å². The maximum absolute atomic E-state index is 13.5. The van der Waals surface area contributed by atoms with Crippen LogP contribution in [-0.2, 0) is 16.9 Å². The molecular weight excluding hydrogens is 305 g/mol. The monoisotopic (exact) mass is 329 g/mol. The molecule has 0 aromatic heterocycles. The number of aldehydes is 1. The smallest absolute Gasteiger partial charge is 0.150 e. The number of hydrogen-bond donors (Lipinski definition) is 0. The van der Waals surface area contributed by atoms with E-state index in [1.54, 1.807) is 6.08 Å². The van der Waals surface area contributed by atoms with Crippen molar-refractivity contribution in [2.45, 2.75) is 37.6 Å². The van der Waals surface area contributed by atoms with Crippen molar-refractivity contribution in [1.29, 1.82) is 0 Å². The molecule has 3 rings (SSSR count). The zero-order chi connectivity index (χ0) is 17.2. The molecule has 0 spiro atoms. The number of fused-ring (bicyclic) bond motifs is 1. The zero-order valence-corrected chi connectivity index (χ0v) is 14.3. The summed E-state index contributed by atoms with van der Waals surface area (Å²) >= 11 is 0. The largest absolute Gasteiger partial charge is 0.361 e. The van der Waals surface area contributed by atoms with E-state index in [2.05, 4.69) is 19.0 Å². The average Bonchev–Trinajstić information content (AvgIpc) is 2.94. The fraction of sp³-hybridized carbons (Fsp3) is 0.450. The van der Waals surface area contributed by atoms with Crippen molar-refractivity contribution in [3.63, 3.8) is 0 Å². The van der Waals surface area contributed by atoms with E-state index in [4.69, 9.17) is 4.74 Å². The van der Waals surface area contributed by atoms with Crippen LogP contribution in [0.4, 0.5) is 4.39 Å². The Kier molecular flexibility index (Phi) is 4.97. The molecular formula is C20H24FNO2. The highest BCUT2D eigenvalue weighted by Crippen LogP contribution is 2.47. The highest BCUT2D eigenvalue weighted by molar-refractivity contribution is 5.75. The van der Waals surface area contributed by atoms with Gasteiger partial charge in [0, 0.05) is 12.0 Å². The SMILES string of the molecule is CN(C)CCCC1(C2=CCC(F)C=C2)OCc2cc(C=O)ccc21. The second kappa shape index (κ2) is 6.99. The third-order valence-electron chi connectivity index (χ3n) is 4.82. The predicted molar refractivity (Wildman–Crippen MR) is 92.8 cm³/mol. The van der Waals surface area contributed by atoms with Gasteiger partial charge >= 0.3 is 0 Å². The van der Waals surface area contributed by atoms with Gasteiger partial charge in [-0.05, 0) is 56.2 Å². The summed E-state index contributed by atoms with van der Waals surface area (Å²) in [6.07, 6.45) is 7.61. The van der Waals surface area contributed by atoms with Crippen molar-refractivity contribution in [2.75, 3.05) is 20.6 Å². The van der Waals surface area contributed by atoms with Gasteiger partial charge in [0.25, 0.3) is 0 Å². The topological polar surface area (TPSA) is 29.5 Å². The van der Waals surface area contributed by atoms with Gasteiger partial charge in [0.1, 0.15) is 18.1 Å². The molecule has 0 radical (unpaired) electrons. The molecule has 2 aliphatic rings. The van der Waals surface area contributed by atoms with Crippen LogP contribution >= 0.6 is 0 Å². The zero-order valence-electron chi connectivity index (χ0n) is 14.3. The first-order chi connectivity index (χ1) is 11.5. The number of ether oxygens (including phenoxy) is 1.